The number of pyridine rings is 1. The number of rotatable bonds is 7. The van der Waals surface area contributed by atoms with E-state index in [0.717, 1.165) is 45.0 Å². The monoisotopic (exact) mass is 450 g/mol. The number of nitrogens with zero attached hydrogens (tertiary/aromatic N) is 2. The van der Waals surface area contributed by atoms with E-state index in [2.05, 4.69) is 17.1 Å². The fourth-order valence-electron chi connectivity index (χ4n) is 3.71. The van der Waals surface area contributed by atoms with Gasteiger partial charge in [-0.05, 0) is 77.7 Å². The highest BCUT2D eigenvalue weighted by atomic mass is 19.1. The van der Waals surface area contributed by atoms with Crippen molar-refractivity contribution in [2.45, 2.75) is 20.0 Å². The molecule has 0 N–H and O–H groups in total. The van der Waals surface area contributed by atoms with Crippen LogP contribution in [0.5, 0.6) is 5.75 Å². The third-order valence-electron chi connectivity index (χ3n) is 5.65. The Bertz CT molecular complexity index is 1360. The maximum atomic E-state index is 13.0. The molecule has 5 heteroatoms. The van der Waals surface area contributed by atoms with E-state index in [4.69, 9.17) is 14.1 Å². The average molecular weight is 451 g/mol. The molecule has 0 aliphatic rings. The van der Waals surface area contributed by atoms with Crippen molar-refractivity contribution in [3.63, 3.8) is 0 Å². The number of oxazole rings is 1. The van der Waals surface area contributed by atoms with Gasteiger partial charge in [0.1, 0.15) is 23.9 Å². The highest BCUT2D eigenvalue weighted by molar-refractivity contribution is 5.67. The molecule has 3 aromatic carbocycles. The Hall–Kier alpha value is -4.25. The van der Waals surface area contributed by atoms with Gasteiger partial charge in [0.25, 0.3) is 0 Å². The molecule has 168 valence electrons. The highest BCUT2D eigenvalue weighted by Gasteiger charge is 2.12. The van der Waals surface area contributed by atoms with Crippen LogP contribution in [0.3, 0.4) is 0 Å². The van der Waals surface area contributed by atoms with Gasteiger partial charge < -0.3 is 9.15 Å². The molecule has 0 spiro atoms. The van der Waals surface area contributed by atoms with Gasteiger partial charge in [0, 0.05) is 24.4 Å². The zero-order valence-corrected chi connectivity index (χ0v) is 18.7. The number of benzene rings is 3. The molecule has 0 saturated carbocycles. The standard InChI is InChI=1S/C29H23FN2O2/c1-20-28(18-21-4-12-27(13-5-21)33-19-22-2-10-26(30)11-3-22)32-29(34-20)25-8-6-23(7-9-25)24-14-16-31-17-15-24/h2-17H,18-19H2,1H3. The van der Waals surface area contributed by atoms with Crippen LogP contribution in [0.2, 0.25) is 0 Å². The summed E-state index contributed by atoms with van der Waals surface area (Å²) >= 11 is 0. The van der Waals surface area contributed by atoms with Crippen molar-refractivity contribution >= 4 is 0 Å². The second-order valence-electron chi connectivity index (χ2n) is 8.07. The van der Waals surface area contributed by atoms with E-state index >= 15 is 0 Å². The normalized spacial score (nSPS) is 10.9. The van der Waals surface area contributed by atoms with Gasteiger partial charge in [-0.1, -0.05) is 36.4 Å². The van der Waals surface area contributed by atoms with Crippen LogP contribution in [0.1, 0.15) is 22.6 Å². The Kier molecular flexibility index (Phi) is 6.17. The zero-order valence-electron chi connectivity index (χ0n) is 18.7. The first-order valence-corrected chi connectivity index (χ1v) is 11.1. The Labute approximate surface area is 197 Å². The summed E-state index contributed by atoms with van der Waals surface area (Å²) in [6.45, 7) is 2.34. The first-order chi connectivity index (χ1) is 16.6. The second-order valence-corrected chi connectivity index (χ2v) is 8.07. The van der Waals surface area contributed by atoms with Crippen molar-refractivity contribution < 1.29 is 13.5 Å². The molecule has 5 aromatic rings. The van der Waals surface area contributed by atoms with Gasteiger partial charge in [-0.2, -0.15) is 0 Å². The summed E-state index contributed by atoms with van der Waals surface area (Å²) < 4.78 is 24.8. The number of halogens is 1. The predicted octanol–water partition coefficient (Wildman–Crippen LogP) is 7.02. The lowest BCUT2D eigenvalue weighted by Crippen LogP contribution is -1.96. The third-order valence-corrected chi connectivity index (χ3v) is 5.65. The van der Waals surface area contributed by atoms with E-state index in [9.17, 15) is 4.39 Å². The summed E-state index contributed by atoms with van der Waals surface area (Å²) in [7, 11) is 0. The maximum Gasteiger partial charge on any atom is 0.226 e. The van der Waals surface area contributed by atoms with Crippen molar-refractivity contribution in [1.82, 2.24) is 9.97 Å². The van der Waals surface area contributed by atoms with E-state index in [1.165, 1.54) is 12.1 Å². The zero-order chi connectivity index (χ0) is 23.3. The molecule has 34 heavy (non-hydrogen) atoms. The number of aromatic nitrogens is 2. The van der Waals surface area contributed by atoms with Crippen LogP contribution in [0.4, 0.5) is 4.39 Å². The first-order valence-electron chi connectivity index (χ1n) is 11.1. The lowest BCUT2D eigenvalue weighted by Gasteiger charge is -2.07. The minimum Gasteiger partial charge on any atom is -0.489 e. The number of hydrogen-bond acceptors (Lipinski definition) is 4. The van der Waals surface area contributed by atoms with E-state index in [-0.39, 0.29) is 5.82 Å². The third kappa shape index (κ3) is 5.04. The van der Waals surface area contributed by atoms with Crippen LogP contribution in [-0.2, 0) is 13.0 Å². The molecule has 5 rings (SSSR count). The molecule has 4 nitrogen and oxygen atoms in total. The van der Waals surface area contributed by atoms with Gasteiger partial charge in [0.15, 0.2) is 0 Å². The van der Waals surface area contributed by atoms with Crippen molar-refractivity contribution in [2.24, 2.45) is 0 Å². The Morgan fingerprint density at radius 1 is 0.735 bits per heavy atom. The van der Waals surface area contributed by atoms with Gasteiger partial charge in [-0.15, -0.1) is 0 Å². The van der Waals surface area contributed by atoms with E-state index in [0.29, 0.717) is 18.9 Å². The Balaban J connectivity index is 1.24. The molecule has 0 aliphatic carbocycles. The summed E-state index contributed by atoms with van der Waals surface area (Å²) in [4.78, 5) is 8.81. The quantitative estimate of drug-likeness (QED) is 0.267. The van der Waals surface area contributed by atoms with Crippen molar-refractivity contribution in [1.29, 1.82) is 0 Å². The minimum atomic E-state index is -0.249. The molecule has 0 saturated heterocycles. The SMILES string of the molecule is Cc1oc(-c2ccc(-c3ccncc3)cc2)nc1Cc1ccc(OCc2ccc(F)cc2)cc1. The largest absolute Gasteiger partial charge is 0.489 e. The summed E-state index contributed by atoms with van der Waals surface area (Å²) in [6, 6.07) is 26.4. The van der Waals surface area contributed by atoms with Gasteiger partial charge in [0.05, 0.1) is 5.69 Å². The van der Waals surface area contributed by atoms with Gasteiger partial charge in [-0.25, -0.2) is 9.37 Å². The van der Waals surface area contributed by atoms with E-state index < -0.39 is 0 Å². The Morgan fingerprint density at radius 2 is 1.35 bits per heavy atom. The molecule has 0 unspecified atom stereocenters. The number of ether oxygens (including phenoxy) is 1. The van der Waals surface area contributed by atoms with Crippen molar-refractivity contribution in [2.75, 3.05) is 0 Å². The van der Waals surface area contributed by atoms with Crippen LogP contribution in [-0.4, -0.2) is 9.97 Å². The summed E-state index contributed by atoms with van der Waals surface area (Å²) in [5, 5.41) is 0. The van der Waals surface area contributed by atoms with Gasteiger partial charge in [0.2, 0.25) is 5.89 Å². The summed E-state index contributed by atoms with van der Waals surface area (Å²) in [5.74, 6) is 1.94. The summed E-state index contributed by atoms with van der Waals surface area (Å²) in [6.07, 6.45) is 4.25. The number of aryl methyl sites for hydroxylation is 1. The highest BCUT2D eigenvalue weighted by Crippen LogP contribution is 2.27. The van der Waals surface area contributed by atoms with Crippen molar-refractivity contribution in [3.05, 3.63) is 126 Å². The Morgan fingerprint density at radius 3 is 2.06 bits per heavy atom. The lowest BCUT2D eigenvalue weighted by molar-refractivity contribution is 0.306. The van der Waals surface area contributed by atoms with Crippen LogP contribution in [0.15, 0.2) is 102 Å². The van der Waals surface area contributed by atoms with Gasteiger partial charge >= 0.3 is 0 Å². The fourth-order valence-corrected chi connectivity index (χ4v) is 3.71. The second kappa shape index (κ2) is 9.71. The molecule has 0 bridgehead atoms. The maximum absolute atomic E-state index is 13.0. The smallest absolute Gasteiger partial charge is 0.226 e. The molecule has 2 aromatic heterocycles. The molecular weight excluding hydrogens is 427 g/mol. The molecule has 2 heterocycles. The molecule has 0 amide bonds. The fraction of sp³-hybridized carbons (Fsp3) is 0.103. The van der Waals surface area contributed by atoms with Crippen LogP contribution < -0.4 is 4.74 Å². The predicted molar refractivity (Wildman–Crippen MR) is 130 cm³/mol. The molecular formula is C29H23FN2O2. The van der Waals surface area contributed by atoms with Crippen molar-refractivity contribution in [3.8, 4) is 28.3 Å². The van der Waals surface area contributed by atoms with E-state index in [1.807, 2.05) is 55.5 Å². The molecule has 0 aliphatic heterocycles. The average Bonchev–Trinajstić information content (AvgIpc) is 3.25. The van der Waals surface area contributed by atoms with Crippen LogP contribution >= 0.6 is 0 Å². The van der Waals surface area contributed by atoms with Gasteiger partial charge in [-0.3, -0.25) is 4.98 Å². The molecule has 0 fully saturated rings. The van der Waals surface area contributed by atoms with E-state index in [1.54, 1.807) is 24.5 Å². The first kappa shape index (κ1) is 21.6. The minimum absolute atomic E-state index is 0.249. The molecule has 0 atom stereocenters. The van der Waals surface area contributed by atoms with Crippen LogP contribution in [0, 0.1) is 12.7 Å². The topological polar surface area (TPSA) is 48.2 Å². The summed E-state index contributed by atoms with van der Waals surface area (Å²) in [5.41, 5.74) is 6.13. The molecule has 0 radical (unpaired) electrons. The lowest BCUT2D eigenvalue weighted by atomic mass is 10.1. The number of hydrogen-bond donors (Lipinski definition) is 0. The van der Waals surface area contributed by atoms with Crippen LogP contribution in [0.25, 0.3) is 22.6 Å².